The molecule has 1 atom stereocenters. The molecule has 0 aromatic carbocycles. The zero-order chi connectivity index (χ0) is 14.2. The summed E-state index contributed by atoms with van der Waals surface area (Å²) in [4.78, 5) is 21.3. The number of carboxylic acid groups (broad SMARTS) is 1. The van der Waals surface area contributed by atoms with Crippen LogP contribution in [-0.2, 0) is 24.3 Å². The molecule has 18 heavy (non-hydrogen) atoms. The SMILES string of the molecule is COC(=O)CCCCCS(=O)(=O)NC(C)C(=O)O. The van der Waals surface area contributed by atoms with Crippen LogP contribution in [0.15, 0.2) is 0 Å². The van der Waals surface area contributed by atoms with E-state index in [1.54, 1.807) is 0 Å². The third kappa shape index (κ3) is 8.02. The molecule has 0 saturated heterocycles. The third-order valence-electron chi connectivity index (χ3n) is 2.25. The van der Waals surface area contributed by atoms with E-state index in [0.29, 0.717) is 19.3 Å². The molecule has 0 saturated carbocycles. The molecular formula is C10H19NO6S. The van der Waals surface area contributed by atoms with Crippen LogP contribution < -0.4 is 4.72 Å². The van der Waals surface area contributed by atoms with Crippen LogP contribution in [0.4, 0.5) is 0 Å². The number of aliphatic carboxylic acids is 1. The van der Waals surface area contributed by atoms with Crippen LogP contribution in [0.2, 0.25) is 0 Å². The zero-order valence-corrected chi connectivity index (χ0v) is 11.3. The molecule has 0 radical (unpaired) electrons. The molecule has 0 bridgehead atoms. The van der Waals surface area contributed by atoms with Gasteiger partial charge in [0.15, 0.2) is 0 Å². The molecule has 1 unspecified atom stereocenters. The molecule has 0 aromatic heterocycles. The molecule has 0 aliphatic carbocycles. The predicted molar refractivity (Wildman–Crippen MR) is 64.5 cm³/mol. The molecular weight excluding hydrogens is 262 g/mol. The molecule has 0 aliphatic heterocycles. The van der Waals surface area contributed by atoms with E-state index in [2.05, 4.69) is 4.74 Å². The second-order valence-corrected chi connectivity index (χ2v) is 5.76. The second kappa shape index (κ2) is 8.04. The minimum absolute atomic E-state index is 0.147. The van der Waals surface area contributed by atoms with Crippen molar-refractivity contribution >= 4 is 22.0 Å². The van der Waals surface area contributed by atoms with Gasteiger partial charge in [0.1, 0.15) is 6.04 Å². The van der Waals surface area contributed by atoms with Gasteiger partial charge in [-0.1, -0.05) is 6.42 Å². The Labute approximate surface area is 107 Å². The van der Waals surface area contributed by atoms with Crippen LogP contribution in [0.1, 0.15) is 32.6 Å². The van der Waals surface area contributed by atoms with Crippen LogP contribution in [0.25, 0.3) is 0 Å². The van der Waals surface area contributed by atoms with Crippen LogP contribution in [0.5, 0.6) is 0 Å². The van der Waals surface area contributed by atoms with E-state index < -0.39 is 22.0 Å². The quantitative estimate of drug-likeness (QED) is 0.458. The van der Waals surface area contributed by atoms with Gasteiger partial charge in [0.2, 0.25) is 10.0 Å². The maximum atomic E-state index is 11.4. The molecule has 0 aliphatic rings. The first-order valence-corrected chi connectivity index (χ1v) is 7.23. The number of sulfonamides is 1. The number of methoxy groups -OCH3 is 1. The van der Waals surface area contributed by atoms with E-state index >= 15 is 0 Å². The number of hydrogen-bond donors (Lipinski definition) is 2. The minimum Gasteiger partial charge on any atom is -0.480 e. The van der Waals surface area contributed by atoms with Gasteiger partial charge >= 0.3 is 11.9 Å². The molecule has 2 N–H and O–H groups in total. The summed E-state index contributed by atoms with van der Waals surface area (Å²) in [6.45, 7) is 1.26. The number of esters is 1. The number of rotatable bonds is 9. The topological polar surface area (TPSA) is 110 Å². The van der Waals surface area contributed by atoms with Gasteiger partial charge in [-0.2, -0.15) is 0 Å². The Bertz CT molecular complexity index is 378. The van der Waals surface area contributed by atoms with Crippen LogP contribution in [-0.4, -0.2) is 44.4 Å². The Morgan fingerprint density at radius 2 is 1.89 bits per heavy atom. The molecule has 0 aromatic rings. The highest BCUT2D eigenvalue weighted by Gasteiger charge is 2.18. The lowest BCUT2D eigenvalue weighted by Gasteiger charge is -2.09. The van der Waals surface area contributed by atoms with Crippen molar-refractivity contribution in [3.05, 3.63) is 0 Å². The first-order valence-electron chi connectivity index (χ1n) is 5.58. The van der Waals surface area contributed by atoms with Crippen molar-refractivity contribution in [2.75, 3.05) is 12.9 Å². The van der Waals surface area contributed by atoms with Gasteiger partial charge in [0, 0.05) is 6.42 Å². The Morgan fingerprint density at radius 3 is 2.39 bits per heavy atom. The molecule has 0 amide bonds. The van der Waals surface area contributed by atoms with Gasteiger partial charge in [-0.3, -0.25) is 9.59 Å². The maximum absolute atomic E-state index is 11.4. The normalized spacial score (nSPS) is 13.0. The van der Waals surface area contributed by atoms with E-state index in [9.17, 15) is 18.0 Å². The van der Waals surface area contributed by atoms with Gasteiger partial charge < -0.3 is 9.84 Å². The number of hydrogen-bond acceptors (Lipinski definition) is 5. The van der Waals surface area contributed by atoms with Crippen molar-refractivity contribution in [1.82, 2.24) is 4.72 Å². The molecule has 8 heteroatoms. The molecule has 106 valence electrons. The average molecular weight is 281 g/mol. The predicted octanol–water partition coefficient (Wildman–Crippen LogP) is 0.112. The fourth-order valence-electron chi connectivity index (χ4n) is 1.22. The summed E-state index contributed by atoms with van der Waals surface area (Å²) in [6, 6.07) is -1.13. The van der Waals surface area contributed by atoms with Gasteiger partial charge in [0.25, 0.3) is 0 Å². The third-order valence-corrected chi connectivity index (χ3v) is 3.79. The van der Waals surface area contributed by atoms with E-state index in [1.165, 1.54) is 14.0 Å². The highest BCUT2D eigenvalue weighted by atomic mass is 32.2. The number of carboxylic acids is 1. The fourth-order valence-corrected chi connectivity index (χ4v) is 2.56. The fraction of sp³-hybridized carbons (Fsp3) is 0.800. The Hall–Kier alpha value is -1.15. The largest absolute Gasteiger partial charge is 0.480 e. The monoisotopic (exact) mass is 281 g/mol. The van der Waals surface area contributed by atoms with Crippen LogP contribution in [0, 0.1) is 0 Å². The maximum Gasteiger partial charge on any atom is 0.321 e. The van der Waals surface area contributed by atoms with Crippen molar-refractivity contribution in [3.63, 3.8) is 0 Å². The number of nitrogens with one attached hydrogen (secondary N) is 1. The summed E-state index contributed by atoms with van der Waals surface area (Å²) in [5.41, 5.74) is 0. The van der Waals surface area contributed by atoms with Gasteiger partial charge in [-0.05, 0) is 19.8 Å². The van der Waals surface area contributed by atoms with Crippen molar-refractivity contribution in [2.24, 2.45) is 0 Å². The van der Waals surface area contributed by atoms with Gasteiger partial charge in [-0.25, -0.2) is 13.1 Å². The lowest BCUT2D eigenvalue weighted by Crippen LogP contribution is -2.39. The summed E-state index contributed by atoms with van der Waals surface area (Å²) >= 11 is 0. The lowest BCUT2D eigenvalue weighted by atomic mass is 10.2. The minimum atomic E-state index is -3.58. The molecule has 0 heterocycles. The number of carbonyl (C=O) groups excluding carboxylic acids is 1. The first kappa shape index (κ1) is 16.9. The van der Waals surface area contributed by atoms with Gasteiger partial charge in [0.05, 0.1) is 12.9 Å². The first-order chi connectivity index (χ1) is 8.28. The number of ether oxygens (including phenoxy) is 1. The van der Waals surface area contributed by atoms with Crippen molar-refractivity contribution in [2.45, 2.75) is 38.6 Å². The van der Waals surface area contributed by atoms with Crippen LogP contribution >= 0.6 is 0 Å². The summed E-state index contributed by atoms with van der Waals surface area (Å²) in [6.07, 6.45) is 1.75. The van der Waals surface area contributed by atoms with E-state index in [4.69, 9.17) is 5.11 Å². The highest BCUT2D eigenvalue weighted by Crippen LogP contribution is 2.03. The highest BCUT2D eigenvalue weighted by molar-refractivity contribution is 7.89. The Kier molecular flexibility index (Phi) is 7.53. The van der Waals surface area contributed by atoms with Gasteiger partial charge in [-0.15, -0.1) is 0 Å². The molecule has 0 fully saturated rings. The molecule has 7 nitrogen and oxygen atoms in total. The lowest BCUT2D eigenvalue weighted by molar-refractivity contribution is -0.141. The summed E-state index contributed by atoms with van der Waals surface area (Å²) in [7, 11) is -2.28. The zero-order valence-electron chi connectivity index (χ0n) is 10.5. The van der Waals surface area contributed by atoms with E-state index in [-0.39, 0.29) is 18.1 Å². The second-order valence-electron chi connectivity index (χ2n) is 3.88. The molecule has 0 spiro atoms. The average Bonchev–Trinajstić information content (AvgIpc) is 2.27. The summed E-state index contributed by atoms with van der Waals surface area (Å²) < 4.78 is 29.4. The number of carbonyl (C=O) groups is 2. The molecule has 0 rings (SSSR count). The Balaban J connectivity index is 3.85. The van der Waals surface area contributed by atoms with E-state index in [0.717, 1.165) is 0 Å². The van der Waals surface area contributed by atoms with Crippen molar-refractivity contribution in [3.8, 4) is 0 Å². The smallest absolute Gasteiger partial charge is 0.321 e. The van der Waals surface area contributed by atoms with Crippen LogP contribution in [0.3, 0.4) is 0 Å². The Morgan fingerprint density at radius 1 is 1.28 bits per heavy atom. The van der Waals surface area contributed by atoms with Crippen molar-refractivity contribution < 1.29 is 27.9 Å². The van der Waals surface area contributed by atoms with E-state index in [1.807, 2.05) is 4.72 Å². The summed E-state index contributed by atoms with van der Waals surface area (Å²) in [5.74, 6) is -1.69. The number of unbranched alkanes of at least 4 members (excludes halogenated alkanes) is 2. The standard InChI is InChI=1S/C10H19NO6S/c1-8(10(13)14)11-18(15,16)7-5-3-4-6-9(12)17-2/h8,11H,3-7H2,1-2H3,(H,13,14). The summed E-state index contributed by atoms with van der Waals surface area (Å²) in [5, 5.41) is 8.56. The van der Waals surface area contributed by atoms with Crippen molar-refractivity contribution in [1.29, 1.82) is 0 Å².